The van der Waals surface area contributed by atoms with Crippen LogP contribution in [0, 0.1) is 0 Å². The second-order valence-corrected chi connectivity index (χ2v) is 6.59. The summed E-state index contributed by atoms with van der Waals surface area (Å²) in [7, 11) is 4.16. The van der Waals surface area contributed by atoms with Crippen molar-refractivity contribution >= 4 is 33.2 Å². The number of carbonyl (C=O) groups excluding carboxylic acids is 1. The van der Waals surface area contributed by atoms with Crippen LogP contribution in [0.25, 0.3) is 0 Å². The van der Waals surface area contributed by atoms with Gasteiger partial charge in [0.15, 0.2) is 0 Å². The summed E-state index contributed by atoms with van der Waals surface area (Å²) in [5.74, 6) is 0.00176. The monoisotopic (exact) mass is 354 g/mol. The molecule has 1 heterocycles. The van der Waals surface area contributed by atoms with E-state index in [1.165, 1.54) is 0 Å². The van der Waals surface area contributed by atoms with Crippen molar-refractivity contribution in [1.82, 2.24) is 9.80 Å². The van der Waals surface area contributed by atoms with Gasteiger partial charge in [-0.1, -0.05) is 0 Å². The maximum atomic E-state index is 12.2. The van der Waals surface area contributed by atoms with Crippen LogP contribution in [0.4, 0.5) is 11.4 Å². The summed E-state index contributed by atoms with van der Waals surface area (Å²) < 4.78 is 0.804. The number of rotatable bonds is 4. The zero-order chi connectivity index (χ0) is 15.4. The molecule has 116 valence electrons. The summed E-state index contributed by atoms with van der Waals surface area (Å²) in [6, 6.07) is 5.87. The number of hydrogen-bond donors (Lipinski definition) is 2. The van der Waals surface area contributed by atoms with E-state index in [9.17, 15) is 4.79 Å². The average molecular weight is 355 g/mol. The van der Waals surface area contributed by atoms with Crippen molar-refractivity contribution in [3.05, 3.63) is 22.7 Å². The van der Waals surface area contributed by atoms with E-state index in [1.807, 2.05) is 13.1 Å². The van der Waals surface area contributed by atoms with E-state index < -0.39 is 0 Å². The van der Waals surface area contributed by atoms with Gasteiger partial charge in [0.2, 0.25) is 5.91 Å². The van der Waals surface area contributed by atoms with Gasteiger partial charge in [0.25, 0.3) is 0 Å². The van der Waals surface area contributed by atoms with Crippen LogP contribution in [0.1, 0.15) is 12.8 Å². The van der Waals surface area contributed by atoms with Gasteiger partial charge in [-0.3, -0.25) is 9.69 Å². The van der Waals surface area contributed by atoms with Crippen molar-refractivity contribution in [1.29, 1.82) is 0 Å². The van der Waals surface area contributed by atoms with Gasteiger partial charge in [-0.05, 0) is 74.2 Å². The van der Waals surface area contributed by atoms with Crippen LogP contribution in [0.5, 0.6) is 0 Å². The summed E-state index contributed by atoms with van der Waals surface area (Å²) in [5.41, 5.74) is 7.12. The Morgan fingerprint density at radius 3 is 2.76 bits per heavy atom. The lowest BCUT2D eigenvalue weighted by atomic mass is 10.0. The summed E-state index contributed by atoms with van der Waals surface area (Å²) in [6.45, 7) is 2.60. The van der Waals surface area contributed by atoms with E-state index in [0.717, 1.165) is 36.1 Å². The molecule has 1 aliphatic rings. The first-order chi connectivity index (χ1) is 9.95. The van der Waals surface area contributed by atoms with E-state index >= 15 is 0 Å². The molecule has 3 N–H and O–H groups in total. The Bertz CT molecular complexity index is 500. The first-order valence-corrected chi connectivity index (χ1v) is 7.98. The fourth-order valence-electron chi connectivity index (χ4n) is 2.61. The number of hydrogen-bond acceptors (Lipinski definition) is 4. The summed E-state index contributed by atoms with van der Waals surface area (Å²) in [4.78, 5) is 16.6. The third-order valence-electron chi connectivity index (χ3n) is 3.97. The highest BCUT2D eigenvalue weighted by Crippen LogP contribution is 2.24. The molecule has 1 aliphatic heterocycles. The molecule has 0 unspecified atom stereocenters. The van der Waals surface area contributed by atoms with Crippen LogP contribution in [0.2, 0.25) is 0 Å². The lowest BCUT2D eigenvalue weighted by Gasteiger charge is -2.34. The molecule has 1 fully saturated rings. The van der Waals surface area contributed by atoms with Crippen LogP contribution in [-0.4, -0.2) is 55.5 Å². The quantitative estimate of drug-likeness (QED) is 0.811. The number of anilines is 2. The number of likely N-dealkylation sites (tertiary alicyclic amines) is 1. The minimum absolute atomic E-state index is 0.00176. The van der Waals surface area contributed by atoms with E-state index in [0.29, 0.717) is 18.3 Å². The first kappa shape index (κ1) is 16.3. The average Bonchev–Trinajstić information content (AvgIpc) is 2.42. The zero-order valence-corrected chi connectivity index (χ0v) is 14.2. The molecule has 6 heteroatoms. The molecule has 21 heavy (non-hydrogen) atoms. The number of nitrogens with two attached hydrogens (primary N) is 1. The van der Waals surface area contributed by atoms with Crippen molar-refractivity contribution < 1.29 is 4.79 Å². The molecule has 0 aliphatic carbocycles. The van der Waals surface area contributed by atoms with E-state index in [1.54, 1.807) is 12.1 Å². The fraction of sp³-hybridized carbons (Fsp3) is 0.533. The van der Waals surface area contributed by atoms with Crippen molar-refractivity contribution in [2.45, 2.75) is 18.9 Å². The highest BCUT2D eigenvalue weighted by atomic mass is 79.9. The smallest absolute Gasteiger partial charge is 0.238 e. The second kappa shape index (κ2) is 7.24. The minimum Gasteiger partial charge on any atom is -0.399 e. The van der Waals surface area contributed by atoms with Gasteiger partial charge in [0.05, 0.1) is 12.2 Å². The number of likely N-dealkylation sites (N-methyl/N-ethyl adjacent to an activating group) is 1. The van der Waals surface area contributed by atoms with E-state index in [4.69, 9.17) is 5.73 Å². The maximum Gasteiger partial charge on any atom is 0.238 e. The van der Waals surface area contributed by atoms with Crippen LogP contribution in [0.15, 0.2) is 22.7 Å². The van der Waals surface area contributed by atoms with Gasteiger partial charge in [0, 0.05) is 16.2 Å². The van der Waals surface area contributed by atoms with Gasteiger partial charge in [0.1, 0.15) is 0 Å². The Labute approximate surface area is 134 Å². The zero-order valence-electron chi connectivity index (χ0n) is 12.6. The van der Waals surface area contributed by atoms with Crippen molar-refractivity contribution in [3.8, 4) is 0 Å². The molecule has 2 rings (SSSR count). The molecule has 0 aromatic heterocycles. The Kier molecular flexibility index (Phi) is 5.61. The predicted octanol–water partition coefficient (Wildman–Crippen LogP) is 2.00. The number of piperidine rings is 1. The topological polar surface area (TPSA) is 61.6 Å². The molecule has 5 nitrogen and oxygen atoms in total. The number of nitrogens with one attached hydrogen (secondary N) is 1. The number of benzene rings is 1. The highest BCUT2D eigenvalue weighted by Gasteiger charge is 2.22. The number of amides is 1. The van der Waals surface area contributed by atoms with Crippen molar-refractivity contribution in [2.75, 3.05) is 44.8 Å². The number of nitrogens with zero attached hydrogens (tertiary/aromatic N) is 2. The van der Waals surface area contributed by atoms with Crippen LogP contribution in [0.3, 0.4) is 0 Å². The second-order valence-electron chi connectivity index (χ2n) is 5.74. The standard InChI is InChI=1S/C15H23BrN4O/c1-19-7-5-12(6-8-19)20(2)10-15(21)18-14-4-3-11(17)9-13(14)16/h3-4,9,12H,5-8,10,17H2,1-2H3,(H,18,21). The maximum absolute atomic E-state index is 12.2. The molecule has 1 amide bonds. The lowest BCUT2D eigenvalue weighted by Crippen LogP contribution is -2.44. The molecule has 1 aromatic rings. The molecule has 0 radical (unpaired) electrons. The minimum atomic E-state index is 0.00176. The SMILES string of the molecule is CN1CCC(N(C)CC(=O)Nc2ccc(N)cc2Br)CC1. The molecular weight excluding hydrogens is 332 g/mol. The van der Waals surface area contributed by atoms with Gasteiger partial charge >= 0.3 is 0 Å². The van der Waals surface area contributed by atoms with Crippen molar-refractivity contribution in [2.24, 2.45) is 0 Å². The Balaban J connectivity index is 1.86. The summed E-state index contributed by atoms with van der Waals surface area (Å²) in [5, 5.41) is 2.92. The molecule has 1 aromatic carbocycles. The van der Waals surface area contributed by atoms with Crippen molar-refractivity contribution in [3.63, 3.8) is 0 Å². The number of nitrogen functional groups attached to an aromatic ring is 1. The molecule has 0 atom stereocenters. The van der Waals surface area contributed by atoms with Gasteiger partial charge in [-0.15, -0.1) is 0 Å². The molecule has 0 saturated carbocycles. The van der Waals surface area contributed by atoms with Gasteiger partial charge < -0.3 is 16.0 Å². The fourth-order valence-corrected chi connectivity index (χ4v) is 3.11. The van der Waals surface area contributed by atoms with E-state index in [-0.39, 0.29) is 5.91 Å². The largest absolute Gasteiger partial charge is 0.399 e. The first-order valence-electron chi connectivity index (χ1n) is 7.19. The highest BCUT2D eigenvalue weighted by molar-refractivity contribution is 9.10. The predicted molar refractivity (Wildman–Crippen MR) is 90.3 cm³/mol. The number of carbonyl (C=O) groups is 1. The van der Waals surface area contributed by atoms with Crippen LogP contribution < -0.4 is 11.1 Å². The Hall–Kier alpha value is -1.11. The Morgan fingerprint density at radius 2 is 2.14 bits per heavy atom. The molecule has 0 spiro atoms. The molecule has 0 bridgehead atoms. The lowest BCUT2D eigenvalue weighted by molar-refractivity contribution is -0.117. The summed E-state index contributed by atoms with van der Waals surface area (Å²) >= 11 is 3.41. The Morgan fingerprint density at radius 1 is 1.48 bits per heavy atom. The summed E-state index contributed by atoms with van der Waals surface area (Å²) in [6.07, 6.45) is 2.23. The van der Waals surface area contributed by atoms with Gasteiger partial charge in [-0.2, -0.15) is 0 Å². The van der Waals surface area contributed by atoms with Gasteiger partial charge in [-0.25, -0.2) is 0 Å². The normalized spacial score (nSPS) is 17.1. The molecule has 1 saturated heterocycles. The van der Waals surface area contributed by atoms with Crippen LogP contribution >= 0.6 is 15.9 Å². The third kappa shape index (κ3) is 4.69. The van der Waals surface area contributed by atoms with E-state index in [2.05, 4.69) is 38.1 Å². The third-order valence-corrected chi connectivity index (χ3v) is 4.63. The molecular formula is C15H23BrN4O. The van der Waals surface area contributed by atoms with Crippen LogP contribution in [-0.2, 0) is 4.79 Å². The number of halogens is 1.